The normalized spacial score (nSPS) is 15.5. The van der Waals surface area contributed by atoms with Crippen molar-refractivity contribution in [3.8, 4) is 5.75 Å². The van der Waals surface area contributed by atoms with E-state index in [1.807, 2.05) is 0 Å². The molecular weight excluding hydrogens is 304 g/mol. The van der Waals surface area contributed by atoms with E-state index in [0.29, 0.717) is 24.9 Å². The van der Waals surface area contributed by atoms with Crippen LogP contribution in [0.5, 0.6) is 5.75 Å². The first-order valence-electron chi connectivity index (χ1n) is 7.45. The highest BCUT2D eigenvalue weighted by Crippen LogP contribution is 2.26. The molecule has 0 atom stereocenters. The van der Waals surface area contributed by atoms with Crippen LogP contribution in [-0.2, 0) is 10.0 Å². The Morgan fingerprint density at radius 1 is 1.18 bits per heavy atom. The third-order valence-electron chi connectivity index (χ3n) is 3.70. The van der Waals surface area contributed by atoms with Gasteiger partial charge in [-0.25, -0.2) is 12.7 Å². The first-order valence-corrected chi connectivity index (χ1v) is 8.89. The van der Waals surface area contributed by atoms with Crippen LogP contribution in [0.3, 0.4) is 0 Å². The maximum atomic E-state index is 12.0. The number of aliphatic hydroxyl groups is 1. The molecule has 124 valence electrons. The summed E-state index contributed by atoms with van der Waals surface area (Å²) in [5.74, 6) is 0.650. The predicted octanol–water partition coefficient (Wildman–Crippen LogP) is 0.772. The largest absolute Gasteiger partial charge is 0.492 e. The lowest BCUT2D eigenvalue weighted by Gasteiger charge is -2.20. The fraction of sp³-hybridized carbons (Fsp3) is 0.600. The van der Waals surface area contributed by atoms with Crippen molar-refractivity contribution >= 4 is 10.0 Å². The molecule has 1 aromatic carbocycles. The maximum absolute atomic E-state index is 12.0. The molecule has 0 saturated heterocycles. The average Bonchev–Trinajstić information content (AvgIpc) is 3.31. The van der Waals surface area contributed by atoms with Crippen molar-refractivity contribution in [3.05, 3.63) is 24.3 Å². The van der Waals surface area contributed by atoms with E-state index in [-0.39, 0.29) is 11.5 Å². The topological polar surface area (TPSA) is 70.1 Å². The van der Waals surface area contributed by atoms with Gasteiger partial charge in [-0.15, -0.1) is 0 Å². The van der Waals surface area contributed by atoms with Crippen molar-refractivity contribution in [2.24, 2.45) is 0 Å². The summed E-state index contributed by atoms with van der Waals surface area (Å²) in [5.41, 5.74) is 0. The van der Waals surface area contributed by atoms with Crippen LogP contribution in [0.4, 0.5) is 0 Å². The van der Waals surface area contributed by atoms with Crippen LogP contribution in [0.2, 0.25) is 0 Å². The van der Waals surface area contributed by atoms with Gasteiger partial charge in [0.1, 0.15) is 12.4 Å². The fourth-order valence-corrected chi connectivity index (χ4v) is 3.15. The van der Waals surface area contributed by atoms with Crippen molar-refractivity contribution < 1.29 is 18.3 Å². The fourth-order valence-electron chi connectivity index (χ4n) is 2.24. The summed E-state index contributed by atoms with van der Waals surface area (Å²) < 4.78 is 30.8. The maximum Gasteiger partial charge on any atom is 0.242 e. The van der Waals surface area contributed by atoms with Crippen molar-refractivity contribution in [1.29, 1.82) is 0 Å². The van der Waals surface area contributed by atoms with Crippen LogP contribution in [0, 0.1) is 0 Å². The molecule has 0 bridgehead atoms. The molecule has 1 aliphatic rings. The number of hydrogen-bond acceptors (Lipinski definition) is 5. The molecule has 1 aromatic rings. The second kappa shape index (κ2) is 7.41. The lowest BCUT2D eigenvalue weighted by atomic mass is 10.3. The monoisotopic (exact) mass is 328 g/mol. The van der Waals surface area contributed by atoms with Crippen molar-refractivity contribution in [1.82, 2.24) is 9.21 Å². The quantitative estimate of drug-likeness (QED) is 0.725. The number of aliphatic hydroxyl groups excluding tert-OH is 1. The summed E-state index contributed by atoms with van der Waals surface area (Å²) in [4.78, 5) is 2.48. The van der Waals surface area contributed by atoms with E-state index in [9.17, 15) is 8.42 Å². The molecule has 0 spiro atoms. The third-order valence-corrected chi connectivity index (χ3v) is 5.53. The number of ether oxygens (including phenoxy) is 1. The van der Waals surface area contributed by atoms with Gasteiger partial charge in [-0.1, -0.05) is 0 Å². The van der Waals surface area contributed by atoms with Gasteiger partial charge in [-0.05, 0) is 37.1 Å². The number of nitrogens with zero attached hydrogens (tertiary/aromatic N) is 2. The number of rotatable bonds is 9. The van der Waals surface area contributed by atoms with Crippen LogP contribution < -0.4 is 4.74 Å². The average molecular weight is 328 g/mol. The van der Waals surface area contributed by atoms with Crippen LogP contribution in [0.25, 0.3) is 0 Å². The van der Waals surface area contributed by atoms with Crippen LogP contribution >= 0.6 is 0 Å². The molecule has 7 heteroatoms. The van der Waals surface area contributed by atoms with E-state index in [0.717, 1.165) is 6.54 Å². The molecule has 1 fully saturated rings. The summed E-state index contributed by atoms with van der Waals surface area (Å²) >= 11 is 0. The van der Waals surface area contributed by atoms with Gasteiger partial charge in [0, 0.05) is 33.2 Å². The highest BCUT2D eigenvalue weighted by Gasteiger charge is 2.28. The minimum atomic E-state index is -3.40. The van der Waals surface area contributed by atoms with Crippen molar-refractivity contribution in [2.75, 3.05) is 40.4 Å². The molecule has 2 rings (SSSR count). The standard InChI is InChI=1S/C15H24N2O4S/c1-16(2)22(19,20)15-7-5-14(6-8-15)21-12-10-17(9-11-18)13-3-4-13/h5-8,13,18H,3-4,9-12H2,1-2H3. The Labute approximate surface area is 132 Å². The number of hydrogen-bond donors (Lipinski definition) is 1. The summed E-state index contributed by atoms with van der Waals surface area (Å²) in [7, 11) is -0.382. The van der Waals surface area contributed by atoms with Crippen LogP contribution in [0.1, 0.15) is 12.8 Å². The number of benzene rings is 1. The van der Waals surface area contributed by atoms with Crippen molar-refractivity contribution in [3.63, 3.8) is 0 Å². The van der Waals surface area contributed by atoms with Gasteiger partial charge in [0.2, 0.25) is 10.0 Å². The second-order valence-corrected chi connectivity index (χ2v) is 7.75. The lowest BCUT2D eigenvalue weighted by molar-refractivity contribution is 0.162. The summed E-state index contributed by atoms with van der Waals surface area (Å²) in [6.45, 7) is 2.13. The van der Waals surface area contributed by atoms with Gasteiger partial charge in [-0.2, -0.15) is 0 Å². The first-order chi connectivity index (χ1) is 10.4. The molecule has 0 amide bonds. The molecule has 1 aliphatic carbocycles. The van der Waals surface area contributed by atoms with Gasteiger partial charge in [0.05, 0.1) is 11.5 Å². The van der Waals surface area contributed by atoms with Gasteiger partial charge in [-0.3, -0.25) is 4.90 Å². The minimum Gasteiger partial charge on any atom is -0.492 e. The zero-order valence-electron chi connectivity index (χ0n) is 13.1. The van der Waals surface area contributed by atoms with E-state index in [1.54, 1.807) is 24.3 Å². The van der Waals surface area contributed by atoms with E-state index >= 15 is 0 Å². The van der Waals surface area contributed by atoms with Gasteiger partial charge in [0.25, 0.3) is 0 Å². The van der Waals surface area contributed by atoms with Crippen LogP contribution in [0.15, 0.2) is 29.2 Å². The Morgan fingerprint density at radius 3 is 2.32 bits per heavy atom. The Balaban J connectivity index is 1.86. The van der Waals surface area contributed by atoms with E-state index in [2.05, 4.69) is 4.90 Å². The first kappa shape index (κ1) is 17.2. The van der Waals surface area contributed by atoms with Gasteiger partial charge >= 0.3 is 0 Å². The Bertz CT molecular complexity index is 568. The Kier molecular flexibility index (Phi) is 5.80. The summed E-state index contributed by atoms with van der Waals surface area (Å²) in [6, 6.07) is 7.03. The Morgan fingerprint density at radius 2 is 1.82 bits per heavy atom. The van der Waals surface area contributed by atoms with E-state index < -0.39 is 10.0 Å². The zero-order valence-corrected chi connectivity index (χ0v) is 13.9. The zero-order chi connectivity index (χ0) is 16.2. The van der Waals surface area contributed by atoms with Crippen molar-refractivity contribution in [2.45, 2.75) is 23.8 Å². The summed E-state index contributed by atoms with van der Waals surface area (Å²) in [5, 5.41) is 9.04. The molecule has 0 heterocycles. The third kappa shape index (κ3) is 4.42. The molecule has 1 N–H and O–H groups in total. The number of sulfonamides is 1. The summed E-state index contributed by atoms with van der Waals surface area (Å²) in [6.07, 6.45) is 2.38. The molecule has 6 nitrogen and oxygen atoms in total. The van der Waals surface area contributed by atoms with Gasteiger partial charge < -0.3 is 9.84 Å². The highest BCUT2D eigenvalue weighted by atomic mass is 32.2. The molecule has 22 heavy (non-hydrogen) atoms. The van der Waals surface area contributed by atoms with Gasteiger partial charge in [0.15, 0.2) is 0 Å². The minimum absolute atomic E-state index is 0.160. The smallest absolute Gasteiger partial charge is 0.242 e. The molecule has 0 aliphatic heterocycles. The second-order valence-electron chi connectivity index (χ2n) is 5.60. The highest BCUT2D eigenvalue weighted by molar-refractivity contribution is 7.89. The molecule has 0 unspecified atom stereocenters. The SMILES string of the molecule is CN(C)S(=O)(=O)c1ccc(OCCN(CCO)C2CC2)cc1. The molecule has 0 aromatic heterocycles. The molecular formula is C15H24N2O4S. The van der Waals surface area contributed by atoms with E-state index in [4.69, 9.17) is 9.84 Å². The van der Waals surface area contributed by atoms with E-state index in [1.165, 1.54) is 31.2 Å². The Hall–Kier alpha value is -1.15. The molecule has 1 saturated carbocycles. The predicted molar refractivity (Wildman–Crippen MR) is 84.5 cm³/mol. The lowest BCUT2D eigenvalue weighted by Crippen LogP contribution is -2.33. The molecule has 0 radical (unpaired) electrons. The van der Waals surface area contributed by atoms with Crippen LogP contribution in [-0.4, -0.2) is 69.2 Å².